The molecule has 6 rings (SSSR count). The van der Waals surface area contributed by atoms with Crippen LogP contribution in [0.2, 0.25) is 0 Å². The molecule has 1 atom stereocenters. The predicted molar refractivity (Wildman–Crippen MR) is 137 cm³/mol. The molecule has 1 aliphatic heterocycles. The van der Waals surface area contributed by atoms with E-state index < -0.39 is 16.6 Å². The van der Waals surface area contributed by atoms with E-state index in [1.807, 2.05) is 35.9 Å². The number of halogens is 2. The Bertz CT molecular complexity index is 1330. The van der Waals surface area contributed by atoms with Gasteiger partial charge >= 0.3 is 0 Å². The fraction of sp³-hybridized carbons (Fsp3) is 0.464. The summed E-state index contributed by atoms with van der Waals surface area (Å²) in [6, 6.07) is 14.1. The van der Waals surface area contributed by atoms with Gasteiger partial charge in [0, 0.05) is 31.1 Å². The Labute approximate surface area is 215 Å². The van der Waals surface area contributed by atoms with Crippen LogP contribution in [0.4, 0.5) is 4.39 Å². The quantitative estimate of drug-likeness (QED) is 0.361. The van der Waals surface area contributed by atoms with Crippen molar-refractivity contribution >= 4 is 17.5 Å². The summed E-state index contributed by atoms with van der Waals surface area (Å²) in [5.41, 5.74) is 4.12. The first kappa shape index (κ1) is 23.6. The average Bonchev–Trinajstić information content (AvgIpc) is 3.41. The number of aromatic nitrogens is 3. The summed E-state index contributed by atoms with van der Waals surface area (Å²) in [5, 5.41) is 15.1. The number of carbonyl (C=O) groups excluding carboxylic acids is 1. The normalized spacial score (nSPS) is 25.9. The van der Waals surface area contributed by atoms with Crippen molar-refractivity contribution in [2.45, 2.75) is 74.1 Å². The molecule has 0 saturated heterocycles. The summed E-state index contributed by atoms with van der Waals surface area (Å²) < 4.78 is 16.2. The Balaban J connectivity index is 1.40. The first-order valence-corrected chi connectivity index (χ1v) is 13.1. The van der Waals surface area contributed by atoms with Gasteiger partial charge in [0.05, 0.1) is 5.41 Å². The molecule has 2 aromatic carbocycles. The average molecular weight is 508 g/mol. The molecule has 6 nitrogen and oxygen atoms in total. The molecule has 0 bridgehead atoms. The Morgan fingerprint density at radius 1 is 1.25 bits per heavy atom. The molecule has 8 heteroatoms. The van der Waals surface area contributed by atoms with Crippen LogP contribution in [0.15, 0.2) is 48.8 Å². The van der Waals surface area contributed by atoms with Gasteiger partial charge in [-0.2, -0.15) is 0 Å². The second-order valence-electron chi connectivity index (χ2n) is 11.1. The molecular formula is C28H31ClFN5O. The predicted octanol–water partition coefficient (Wildman–Crippen LogP) is 4.64. The molecule has 2 heterocycles. The van der Waals surface area contributed by atoms with E-state index in [9.17, 15) is 9.18 Å². The van der Waals surface area contributed by atoms with Crippen molar-refractivity contribution in [3.8, 4) is 0 Å². The number of amides is 1. The number of nitrogens with zero attached hydrogens (tertiary/aromatic N) is 3. The van der Waals surface area contributed by atoms with Gasteiger partial charge in [-0.15, -0.1) is 10.2 Å². The minimum Gasteiger partial charge on any atom is -0.348 e. The minimum atomic E-state index is -0.897. The van der Waals surface area contributed by atoms with Crippen LogP contribution in [-0.4, -0.2) is 32.4 Å². The third-order valence-electron chi connectivity index (χ3n) is 8.44. The van der Waals surface area contributed by atoms with Crippen molar-refractivity contribution in [1.82, 2.24) is 25.4 Å². The number of benzene rings is 2. The van der Waals surface area contributed by atoms with E-state index in [2.05, 4.69) is 46.0 Å². The summed E-state index contributed by atoms with van der Waals surface area (Å²) in [6.07, 6.45) is 5.41. The molecule has 2 N–H and O–H groups in total. The lowest BCUT2D eigenvalue weighted by atomic mass is 9.62. The van der Waals surface area contributed by atoms with Crippen molar-refractivity contribution in [2.24, 2.45) is 7.05 Å². The molecule has 3 aliphatic rings. The number of rotatable bonds is 7. The third-order valence-corrected chi connectivity index (χ3v) is 8.87. The van der Waals surface area contributed by atoms with E-state index in [1.165, 1.54) is 6.42 Å². The van der Waals surface area contributed by atoms with Crippen LogP contribution in [0, 0.1) is 0 Å². The van der Waals surface area contributed by atoms with Gasteiger partial charge in [-0.3, -0.25) is 10.1 Å². The van der Waals surface area contributed by atoms with Crippen molar-refractivity contribution in [3.63, 3.8) is 0 Å². The molecule has 2 saturated carbocycles. The first-order valence-electron chi connectivity index (χ1n) is 12.7. The minimum absolute atomic E-state index is 0.0564. The van der Waals surface area contributed by atoms with Gasteiger partial charge < -0.3 is 9.88 Å². The van der Waals surface area contributed by atoms with Gasteiger partial charge in [-0.25, -0.2) is 4.39 Å². The van der Waals surface area contributed by atoms with Gasteiger partial charge in [0.2, 0.25) is 0 Å². The van der Waals surface area contributed by atoms with Crippen LogP contribution in [0.3, 0.4) is 0 Å². The van der Waals surface area contributed by atoms with Gasteiger partial charge in [0.15, 0.2) is 0 Å². The van der Waals surface area contributed by atoms with Gasteiger partial charge in [-0.1, -0.05) is 48.0 Å². The Kier molecular flexibility index (Phi) is 5.50. The van der Waals surface area contributed by atoms with Crippen LogP contribution < -0.4 is 10.6 Å². The number of hydrogen-bond acceptors (Lipinski definition) is 4. The lowest BCUT2D eigenvalue weighted by Crippen LogP contribution is -2.57. The van der Waals surface area contributed by atoms with Crippen molar-refractivity contribution in [3.05, 3.63) is 82.4 Å². The van der Waals surface area contributed by atoms with Crippen LogP contribution in [-0.2, 0) is 30.4 Å². The molecule has 36 heavy (non-hydrogen) atoms. The van der Waals surface area contributed by atoms with Crippen molar-refractivity contribution in [1.29, 1.82) is 0 Å². The van der Waals surface area contributed by atoms with E-state index in [0.717, 1.165) is 40.9 Å². The Morgan fingerprint density at radius 3 is 2.69 bits per heavy atom. The molecular weight excluding hydrogens is 477 g/mol. The lowest BCUT2D eigenvalue weighted by molar-refractivity contribution is 0.0965. The molecule has 188 valence electrons. The van der Waals surface area contributed by atoms with Crippen LogP contribution in [0.1, 0.15) is 77.5 Å². The lowest BCUT2D eigenvalue weighted by Gasteiger charge is -2.46. The van der Waals surface area contributed by atoms with Crippen molar-refractivity contribution in [2.75, 3.05) is 0 Å². The number of aryl methyl sites for hydroxylation is 1. The SMILES string of the molecule is Cn1cnnc1C1(c2cccc(C[C@@](Cl)(NC3(C)CCC3)c3cccc4c3CNC4=O)c2)CC(F)C1. The number of hydrogen-bond donors (Lipinski definition) is 2. The smallest absolute Gasteiger partial charge is 0.251 e. The topological polar surface area (TPSA) is 71.8 Å². The maximum absolute atomic E-state index is 14.3. The summed E-state index contributed by atoms with van der Waals surface area (Å²) >= 11 is 7.55. The van der Waals surface area contributed by atoms with E-state index >= 15 is 0 Å². The molecule has 0 unspecified atom stereocenters. The summed E-state index contributed by atoms with van der Waals surface area (Å²) in [4.78, 5) is 11.5. The molecule has 2 aliphatic carbocycles. The molecule has 0 spiro atoms. The second-order valence-corrected chi connectivity index (χ2v) is 11.7. The standard InChI is InChI=1S/C28H31ClFN5O/c1-26(10-5-11-26)34-28(29,23-9-4-8-21-22(23)16-31-24(21)36)13-18-6-3-7-19(12-18)27(14-20(30)15-27)25-33-32-17-35(25)2/h3-4,6-9,12,17,20,34H,5,10-11,13-16H2,1-2H3,(H,31,36)/t20?,27?,28-/m1/s1. The van der Waals surface area contributed by atoms with Crippen molar-refractivity contribution < 1.29 is 9.18 Å². The van der Waals surface area contributed by atoms with Gasteiger partial charge in [0.25, 0.3) is 5.91 Å². The zero-order valence-corrected chi connectivity index (χ0v) is 21.4. The van der Waals surface area contributed by atoms with E-state index in [1.54, 1.807) is 6.33 Å². The highest BCUT2D eigenvalue weighted by molar-refractivity contribution is 6.24. The van der Waals surface area contributed by atoms with Crippen LogP contribution in [0.5, 0.6) is 0 Å². The fourth-order valence-electron chi connectivity index (χ4n) is 6.36. The largest absolute Gasteiger partial charge is 0.348 e. The van der Waals surface area contributed by atoms with E-state index in [4.69, 9.17) is 11.6 Å². The maximum atomic E-state index is 14.3. The zero-order chi connectivity index (χ0) is 25.1. The number of carbonyl (C=O) groups is 1. The van der Waals surface area contributed by atoms with Gasteiger partial charge in [0.1, 0.15) is 23.3 Å². The summed E-state index contributed by atoms with van der Waals surface area (Å²) in [7, 11) is 1.91. The maximum Gasteiger partial charge on any atom is 0.251 e. The van der Waals surface area contributed by atoms with E-state index in [0.29, 0.717) is 31.4 Å². The van der Waals surface area contributed by atoms with Crippen LogP contribution in [0.25, 0.3) is 0 Å². The highest BCUT2D eigenvalue weighted by Gasteiger charge is 2.51. The molecule has 2 fully saturated rings. The monoisotopic (exact) mass is 507 g/mol. The number of alkyl halides is 2. The van der Waals surface area contributed by atoms with Gasteiger partial charge in [-0.05, 0) is 67.3 Å². The summed E-state index contributed by atoms with van der Waals surface area (Å²) in [6.45, 7) is 2.69. The first-order chi connectivity index (χ1) is 17.2. The number of nitrogens with one attached hydrogen (secondary N) is 2. The highest BCUT2D eigenvalue weighted by atomic mass is 35.5. The van der Waals surface area contributed by atoms with E-state index in [-0.39, 0.29) is 11.4 Å². The summed E-state index contributed by atoms with van der Waals surface area (Å²) in [5.74, 6) is 0.732. The third kappa shape index (κ3) is 3.75. The fourth-order valence-corrected chi connectivity index (χ4v) is 6.92. The molecule has 0 radical (unpaired) electrons. The Morgan fingerprint density at radius 2 is 2.03 bits per heavy atom. The number of fused-ring (bicyclic) bond motifs is 1. The zero-order valence-electron chi connectivity index (χ0n) is 20.7. The Hall–Kier alpha value is -2.77. The highest BCUT2D eigenvalue weighted by Crippen LogP contribution is 2.50. The van der Waals surface area contributed by atoms with Crippen LogP contribution >= 0.6 is 11.6 Å². The molecule has 3 aromatic rings. The second kappa shape index (κ2) is 8.38. The molecule has 1 amide bonds. The molecule has 1 aromatic heterocycles.